The van der Waals surface area contributed by atoms with Gasteiger partial charge in [0.15, 0.2) is 0 Å². The van der Waals surface area contributed by atoms with Crippen LogP contribution in [0.3, 0.4) is 0 Å². The standard InChI is InChI=1S/C11H20N2OS/c1-4-12-6-7-13(2)9-11-10(14-3)5-8-15-11/h5,8,12H,4,6-7,9H2,1-3H3. The number of methoxy groups -OCH3 is 1. The lowest BCUT2D eigenvalue weighted by atomic mass is 10.4. The van der Waals surface area contributed by atoms with E-state index in [0.29, 0.717) is 0 Å². The topological polar surface area (TPSA) is 24.5 Å². The van der Waals surface area contributed by atoms with Gasteiger partial charge in [0.25, 0.3) is 0 Å². The van der Waals surface area contributed by atoms with Gasteiger partial charge in [0.2, 0.25) is 0 Å². The minimum Gasteiger partial charge on any atom is -0.496 e. The van der Waals surface area contributed by atoms with Crippen molar-refractivity contribution in [1.29, 1.82) is 0 Å². The minimum atomic E-state index is 0.965. The molecule has 1 aromatic heterocycles. The van der Waals surface area contributed by atoms with Crippen molar-refractivity contribution < 1.29 is 4.74 Å². The maximum atomic E-state index is 5.28. The van der Waals surface area contributed by atoms with Crippen LogP contribution in [0.15, 0.2) is 11.4 Å². The van der Waals surface area contributed by atoms with Crippen LogP contribution in [0, 0.1) is 0 Å². The summed E-state index contributed by atoms with van der Waals surface area (Å²) in [6, 6.07) is 2.03. The molecule has 0 aliphatic heterocycles. The Hall–Kier alpha value is -0.580. The van der Waals surface area contributed by atoms with Crippen LogP contribution >= 0.6 is 11.3 Å². The zero-order valence-corrected chi connectivity index (χ0v) is 10.6. The third-order valence-corrected chi connectivity index (χ3v) is 3.15. The summed E-state index contributed by atoms with van der Waals surface area (Å²) in [5.74, 6) is 1.01. The summed E-state index contributed by atoms with van der Waals surface area (Å²) in [6.07, 6.45) is 0. The predicted molar refractivity (Wildman–Crippen MR) is 65.7 cm³/mol. The highest BCUT2D eigenvalue weighted by Crippen LogP contribution is 2.25. The molecule has 0 saturated carbocycles. The first-order chi connectivity index (χ1) is 7.27. The molecule has 1 aromatic rings. The van der Waals surface area contributed by atoms with Gasteiger partial charge in [-0.1, -0.05) is 6.92 Å². The third-order valence-electron chi connectivity index (χ3n) is 2.26. The van der Waals surface area contributed by atoms with Crippen molar-refractivity contribution in [3.63, 3.8) is 0 Å². The maximum Gasteiger partial charge on any atom is 0.134 e. The first-order valence-electron chi connectivity index (χ1n) is 5.27. The Morgan fingerprint density at radius 2 is 2.33 bits per heavy atom. The van der Waals surface area contributed by atoms with Crippen molar-refractivity contribution in [2.45, 2.75) is 13.5 Å². The number of rotatable bonds is 7. The lowest BCUT2D eigenvalue weighted by molar-refractivity contribution is 0.320. The maximum absolute atomic E-state index is 5.28. The van der Waals surface area contributed by atoms with Crippen molar-refractivity contribution in [2.75, 3.05) is 33.8 Å². The number of nitrogens with one attached hydrogen (secondary N) is 1. The van der Waals surface area contributed by atoms with Gasteiger partial charge in [0.1, 0.15) is 5.75 Å². The summed E-state index contributed by atoms with van der Waals surface area (Å²) in [5, 5.41) is 5.39. The normalized spacial score (nSPS) is 10.9. The number of likely N-dealkylation sites (N-methyl/N-ethyl adjacent to an activating group) is 2. The number of hydrogen-bond acceptors (Lipinski definition) is 4. The molecule has 86 valence electrons. The zero-order valence-electron chi connectivity index (χ0n) is 9.75. The van der Waals surface area contributed by atoms with Crippen molar-refractivity contribution in [2.24, 2.45) is 0 Å². The smallest absolute Gasteiger partial charge is 0.134 e. The van der Waals surface area contributed by atoms with Gasteiger partial charge in [-0.3, -0.25) is 4.90 Å². The van der Waals surface area contributed by atoms with Crippen LogP contribution in [0.2, 0.25) is 0 Å². The molecular weight excluding hydrogens is 208 g/mol. The molecule has 1 rings (SSSR count). The lowest BCUT2D eigenvalue weighted by Gasteiger charge is -2.16. The first-order valence-corrected chi connectivity index (χ1v) is 6.15. The van der Waals surface area contributed by atoms with Crippen LogP contribution in [-0.2, 0) is 6.54 Å². The van der Waals surface area contributed by atoms with Gasteiger partial charge in [0, 0.05) is 19.6 Å². The number of hydrogen-bond donors (Lipinski definition) is 1. The Labute approximate surface area is 96.0 Å². The van der Waals surface area contributed by atoms with Gasteiger partial charge in [-0.15, -0.1) is 11.3 Å². The molecule has 0 radical (unpaired) electrons. The highest BCUT2D eigenvalue weighted by molar-refractivity contribution is 7.10. The molecule has 0 aromatic carbocycles. The Balaban J connectivity index is 2.33. The number of nitrogens with zero attached hydrogens (tertiary/aromatic N) is 1. The summed E-state index contributed by atoms with van der Waals surface area (Å²) in [6.45, 7) is 6.24. The van der Waals surface area contributed by atoms with E-state index < -0.39 is 0 Å². The van der Waals surface area contributed by atoms with Crippen LogP contribution in [0.4, 0.5) is 0 Å². The van der Waals surface area contributed by atoms with Crippen LogP contribution in [0.1, 0.15) is 11.8 Å². The van der Waals surface area contributed by atoms with Crippen molar-refractivity contribution in [3.05, 3.63) is 16.3 Å². The largest absolute Gasteiger partial charge is 0.496 e. The molecule has 0 aliphatic rings. The van der Waals surface area contributed by atoms with Gasteiger partial charge in [0.05, 0.1) is 12.0 Å². The Bertz CT molecular complexity index is 275. The molecule has 0 aliphatic carbocycles. The minimum absolute atomic E-state index is 0.965. The summed E-state index contributed by atoms with van der Waals surface area (Å²) in [7, 11) is 3.86. The zero-order chi connectivity index (χ0) is 11.1. The molecule has 1 N–H and O–H groups in total. The van der Waals surface area contributed by atoms with Crippen molar-refractivity contribution >= 4 is 11.3 Å². The van der Waals surface area contributed by atoms with E-state index in [1.54, 1.807) is 18.4 Å². The van der Waals surface area contributed by atoms with E-state index >= 15 is 0 Å². The molecule has 0 spiro atoms. The molecule has 15 heavy (non-hydrogen) atoms. The highest BCUT2D eigenvalue weighted by Gasteiger charge is 2.06. The molecule has 0 amide bonds. The summed E-state index contributed by atoms with van der Waals surface area (Å²) in [5.41, 5.74) is 0. The van der Waals surface area contributed by atoms with Gasteiger partial charge < -0.3 is 10.1 Å². The van der Waals surface area contributed by atoms with Gasteiger partial charge in [-0.25, -0.2) is 0 Å². The molecule has 0 unspecified atom stereocenters. The number of thiophene rings is 1. The molecular formula is C11H20N2OS. The number of ether oxygens (including phenoxy) is 1. The summed E-state index contributed by atoms with van der Waals surface area (Å²) in [4.78, 5) is 3.60. The van der Waals surface area contributed by atoms with Gasteiger partial charge in [-0.2, -0.15) is 0 Å². The quantitative estimate of drug-likeness (QED) is 0.720. The van der Waals surface area contributed by atoms with Crippen LogP contribution in [0.25, 0.3) is 0 Å². The Morgan fingerprint density at radius 1 is 1.53 bits per heavy atom. The van der Waals surface area contributed by atoms with E-state index in [0.717, 1.165) is 31.9 Å². The predicted octanol–water partition coefficient (Wildman–Crippen LogP) is 1.80. The van der Waals surface area contributed by atoms with E-state index in [-0.39, 0.29) is 0 Å². The van der Waals surface area contributed by atoms with E-state index in [1.165, 1.54) is 4.88 Å². The van der Waals surface area contributed by atoms with Crippen LogP contribution in [-0.4, -0.2) is 38.7 Å². The second-order valence-corrected chi connectivity index (χ2v) is 4.50. The highest BCUT2D eigenvalue weighted by atomic mass is 32.1. The molecule has 0 fully saturated rings. The molecule has 0 atom stereocenters. The average Bonchev–Trinajstić information content (AvgIpc) is 2.65. The monoisotopic (exact) mass is 228 g/mol. The van der Waals surface area contributed by atoms with Gasteiger partial charge >= 0.3 is 0 Å². The summed E-state index contributed by atoms with van der Waals surface area (Å²) < 4.78 is 5.28. The molecule has 1 heterocycles. The van der Waals surface area contributed by atoms with Crippen LogP contribution < -0.4 is 10.1 Å². The summed E-state index contributed by atoms with van der Waals surface area (Å²) >= 11 is 1.75. The fraction of sp³-hybridized carbons (Fsp3) is 0.636. The fourth-order valence-corrected chi connectivity index (χ4v) is 2.32. The van der Waals surface area contributed by atoms with E-state index in [4.69, 9.17) is 4.74 Å². The first kappa shape index (κ1) is 12.5. The molecule has 4 heteroatoms. The third kappa shape index (κ3) is 4.20. The van der Waals surface area contributed by atoms with Crippen molar-refractivity contribution in [3.8, 4) is 5.75 Å². The van der Waals surface area contributed by atoms with E-state index in [1.807, 2.05) is 6.07 Å². The van der Waals surface area contributed by atoms with Crippen LogP contribution in [0.5, 0.6) is 5.75 Å². The molecule has 0 bridgehead atoms. The molecule has 0 saturated heterocycles. The Kier molecular flexibility index (Phi) is 5.68. The Morgan fingerprint density at radius 3 is 3.00 bits per heavy atom. The second-order valence-electron chi connectivity index (χ2n) is 3.50. The SMILES string of the molecule is CCNCCN(C)Cc1sccc1OC. The lowest BCUT2D eigenvalue weighted by Crippen LogP contribution is -2.28. The van der Waals surface area contributed by atoms with E-state index in [9.17, 15) is 0 Å². The van der Waals surface area contributed by atoms with Gasteiger partial charge in [-0.05, 0) is 25.0 Å². The van der Waals surface area contributed by atoms with Crippen molar-refractivity contribution in [1.82, 2.24) is 10.2 Å². The second kappa shape index (κ2) is 6.82. The average molecular weight is 228 g/mol. The molecule has 3 nitrogen and oxygen atoms in total. The van der Waals surface area contributed by atoms with E-state index in [2.05, 4.69) is 29.6 Å². The fourth-order valence-electron chi connectivity index (χ4n) is 1.40.